The third kappa shape index (κ3) is 4.66. The molecule has 0 spiro atoms. The van der Waals surface area contributed by atoms with E-state index in [9.17, 15) is 0 Å². The Hall–Kier alpha value is -1.69. The fourth-order valence-corrected chi connectivity index (χ4v) is 6.74. The summed E-state index contributed by atoms with van der Waals surface area (Å²) in [6.07, 6.45) is 4.40. The number of fused-ring (bicyclic) bond motifs is 2. The minimum absolute atomic E-state index is 0.159. The van der Waals surface area contributed by atoms with Crippen molar-refractivity contribution in [3.05, 3.63) is 57.3 Å². The van der Waals surface area contributed by atoms with E-state index in [4.69, 9.17) is 15.7 Å². The number of hydrogen-bond acceptors (Lipinski definition) is 5. The van der Waals surface area contributed by atoms with Gasteiger partial charge in [-0.3, -0.25) is 0 Å². The molecule has 4 heterocycles. The molecule has 3 unspecified atom stereocenters. The molecule has 2 fully saturated rings. The fraction of sp³-hybridized carbons (Fsp3) is 0.520. The number of nitrogens with one attached hydrogen (secondary N) is 3. The van der Waals surface area contributed by atoms with Gasteiger partial charge in [0.15, 0.2) is 0 Å². The van der Waals surface area contributed by atoms with Gasteiger partial charge >= 0.3 is 0 Å². The van der Waals surface area contributed by atoms with Gasteiger partial charge in [-0.05, 0) is 68.1 Å². The molecule has 3 aliphatic rings. The van der Waals surface area contributed by atoms with Crippen LogP contribution in [-0.4, -0.2) is 53.8 Å². The van der Waals surface area contributed by atoms with Gasteiger partial charge in [0.25, 0.3) is 0 Å². The molecule has 3 aliphatic heterocycles. The van der Waals surface area contributed by atoms with Gasteiger partial charge < -0.3 is 20.9 Å². The Morgan fingerprint density at radius 2 is 1.97 bits per heavy atom. The van der Waals surface area contributed by atoms with Crippen LogP contribution in [-0.2, 0) is 13.0 Å². The second-order valence-electron chi connectivity index (χ2n) is 10.0. The summed E-state index contributed by atoms with van der Waals surface area (Å²) in [7, 11) is 14.3. The van der Waals surface area contributed by atoms with E-state index in [1.165, 1.54) is 38.7 Å². The highest BCUT2D eigenvalue weighted by atomic mass is 32.1. The third-order valence-electron chi connectivity index (χ3n) is 6.94. The van der Waals surface area contributed by atoms with Gasteiger partial charge in [-0.2, -0.15) is 0 Å². The monoisotopic (exact) mass is 442 g/mol. The first-order chi connectivity index (χ1) is 15.4. The quantitative estimate of drug-likeness (QED) is 0.599. The average molecular weight is 442 g/mol. The van der Waals surface area contributed by atoms with Crippen LogP contribution in [0.2, 0.25) is 5.21 Å². The predicted octanol–water partition coefficient (Wildman–Crippen LogP) is 3.53. The van der Waals surface area contributed by atoms with Crippen LogP contribution < -0.4 is 16.0 Å². The Balaban J connectivity index is 1.47. The van der Waals surface area contributed by atoms with Gasteiger partial charge in [0.05, 0.1) is 38.0 Å². The van der Waals surface area contributed by atoms with E-state index in [0.717, 1.165) is 44.6 Å². The molecular weight excluding hydrogens is 410 g/mol. The minimum Gasteiger partial charge on any atom is -0.373 e. The van der Waals surface area contributed by atoms with Crippen molar-refractivity contribution in [3.63, 3.8) is 0 Å². The fourth-order valence-electron chi connectivity index (χ4n) is 5.39. The Morgan fingerprint density at radius 3 is 2.69 bits per heavy atom. The maximum absolute atomic E-state index is 6.15. The summed E-state index contributed by atoms with van der Waals surface area (Å²) in [5.74, 6) is 1.55. The van der Waals surface area contributed by atoms with E-state index in [1.54, 1.807) is 0 Å². The first kappa shape index (κ1) is 22.1. The number of likely N-dealkylation sites (tertiary alicyclic amines) is 1. The summed E-state index contributed by atoms with van der Waals surface area (Å²) in [4.78, 5) is 5.21. The van der Waals surface area contributed by atoms with Crippen molar-refractivity contribution in [1.82, 2.24) is 15.5 Å². The Labute approximate surface area is 199 Å². The Bertz CT molecular complexity index is 965. The van der Waals surface area contributed by atoms with Gasteiger partial charge in [0.1, 0.15) is 0 Å². The number of hydrogen-bond donors (Lipinski definition) is 3. The largest absolute Gasteiger partial charge is 0.373 e. The number of rotatable bonds is 6. The van der Waals surface area contributed by atoms with Crippen molar-refractivity contribution in [2.75, 3.05) is 38.5 Å². The van der Waals surface area contributed by atoms with E-state index in [0.29, 0.717) is 6.42 Å². The van der Waals surface area contributed by atoms with Crippen molar-refractivity contribution in [1.29, 1.82) is 0 Å². The SMILES string of the molecule is [B]C([B])(C)Cc1cc2c(s1)C(N1CC3CCNCC3C1)=CC(c1ccc(CNC)cc1)N2. The third-order valence-corrected chi connectivity index (χ3v) is 8.10. The van der Waals surface area contributed by atoms with Crippen LogP contribution in [0, 0.1) is 11.8 Å². The predicted molar refractivity (Wildman–Crippen MR) is 137 cm³/mol. The lowest BCUT2D eigenvalue weighted by Crippen LogP contribution is -2.35. The first-order valence-electron chi connectivity index (χ1n) is 11.8. The highest BCUT2D eigenvalue weighted by Crippen LogP contribution is 2.45. The molecule has 164 valence electrons. The molecule has 1 aromatic carbocycles. The summed E-state index contributed by atoms with van der Waals surface area (Å²) in [6.45, 7) is 7.36. The summed E-state index contributed by atoms with van der Waals surface area (Å²) in [6, 6.07) is 11.4. The molecule has 1 aromatic heterocycles. The number of thiophene rings is 1. The van der Waals surface area contributed by atoms with Crippen LogP contribution in [0.1, 0.15) is 40.3 Å². The topological polar surface area (TPSA) is 39.3 Å². The van der Waals surface area contributed by atoms with Crippen LogP contribution in [0.5, 0.6) is 0 Å². The molecule has 5 rings (SSSR count). The van der Waals surface area contributed by atoms with E-state index in [1.807, 2.05) is 25.3 Å². The lowest BCUT2D eigenvalue weighted by atomic mass is 9.54. The van der Waals surface area contributed by atoms with Crippen LogP contribution >= 0.6 is 11.3 Å². The molecular formula is C25H32B2N4S. The van der Waals surface area contributed by atoms with Crippen LogP contribution in [0.15, 0.2) is 36.4 Å². The Morgan fingerprint density at radius 1 is 1.19 bits per heavy atom. The molecule has 4 radical (unpaired) electrons. The number of piperidine rings is 1. The molecule has 2 aromatic rings. The summed E-state index contributed by atoms with van der Waals surface area (Å²) < 4.78 is 0. The van der Waals surface area contributed by atoms with Crippen molar-refractivity contribution < 1.29 is 0 Å². The van der Waals surface area contributed by atoms with Crippen molar-refractivity contribution >= 4 is 38.4 Å². The van der Waals surface area contributed by atoms with Crippen molar-refractivity contribution in [2.24, 2.45) is 11.8 Å². The van der Waals surface area contributed by atoms with Gasteiger partial charge in [-0.25, -0.2) is 0 Å². The number of nitrogens with zero attached hydrogens (tertiary/aromatic N) is 1. The molecule has 3 atom stereocenters. The molecule has 0 aliphatic carbocycles. The molecule has 2 saturated heterocycles. The number of benzene rings is 1. The smallest absolute Gasteiger partial charge is 0.0736 e. The maximum atomic E-state index is 6.15. The normalized spacial score (nSPS) is 25.1. The molecule has 0 bridgehead atoms. The zero-order valence-electron chi connectivity index (χ0n) is 19.2. The maximum Gasteiger partial charge on any atom is 0.0736 e. The van der Waals surface area contributed by atoms with E-state index in [-0.39, 0.29) is 6.04 Å². The van der Waals surface area contributed by atoms with Gasteiger partial charge in [0, 0.05) is 24.5 Å². The van der Waals surface area contributed by atoms with Gasteiger partial charge in [0.2, 0.25) is 0 Å². The van der Waals surface area contributed by atoms with Crippen LogP contribution in [0.25, 0.3) is 5.70 Å². The first-order valence-corrected chi connectivity index (χ1v) is 12.6. The summed E-state index contributed by atoms with van der Waals surface area (Å²) >= 11 is 1.84. The zero-order valence-corrected chi connectivity index (χ0v) is 20.0. The Kier molecular flexibility index (Phi) is 6.17. The van der Waals surface area contributed by atoms with Crippen LogP contribution in [0.3, 0.4) is 0 Å². The zero-order chi connectivity index (χ0) is 22.3. The molecule has 7 heteroatoms. The molecule has 0 saturated carbocycles. The second kappa shape index (κ2) is 8.92. The molecule has 4 nitrogen and oxygen atoms in total. The lowest BCUT2D eigenvalue weighted by molar-refractivity contribution is 0.318. The highest BCUT2D eigenvalue weighted by molar-refractivity contribution is 7.13. The minimum atomic E-state index is -0.700. The average Bonchev–Trinajstić information content (AvgIpc) is 3.35. The standard InChI is InChI=1S/C25H32B2N4S/c1-25(26,27)11-20-9-22-24(32-20)23(31-14-18-7-8-29-13-19(18)15-31)10-21(30-22)17-5-3-16(4-6-17)12-28-2/h3-6,9-10,18-19,21,28-30H,7-8,11-15H2,1-2H3. The van der Waals surface area contributed by atoms with E-state index in [2.05, 4.69) is 57.3 Å². The lowest BCUT2D eigenvalue weighted by Gasteiger charge is -2.30. The molecule has 32 heavy (non-hydrogen) atoms. The molecule has 3 N–H and O–H groups in total. The van der Waals surface area contributed by atoms with Crippen molar-refractivity contribution in [2.45, 2.75) is 37.6 Å². The van der Waals surface area contributed by atoms with Crippen molar-refractivity contribution in [3.8, 4) is 0 Å². The highest BCUT2D eigenvalue weighted by Gasteiger charge is 2.37. The van der Waals surface area contributed by atoms with E-state index >= 15 is 0 Å². The van der Waals surface area contributed by atoms with Gasteiger partial charge in [-0.15, -0.1) is 11.3 Å². The molecule has 0 amide bonds. The summed E-state index contributed by atoms with van der Waals surface area (Å²) in [5.41, 5.74) is 5.19. The van der Waals surface area contributed by atoms with E-state index < -0.39 is 5.21 Å². The number of anilines is 1. The second-order valence-corrected chi connectivity index (χ2v) is 11.1. The van der Waals surface area contributed by atoms with Crippen LogP contribution in [0.4, 0.5) is 5.69 Å². The van der Waals surface area contributed by atoms with Gasteiger partial charge in [-0.1, -0.05) is 36.4 Å². The summed E-state index contributed by atoms with van der Waals surface area (Å²) in [5, 5.41) is 9.90.